The number of halogens is 1. The van der Waals surface area contributed by atoms with E-state index in [1.165, 1.54) is 37.8 Å². The number of piperidine rings is 1. The average Bonchev–Trinajstić information content (AvgIpc) is 3.20. The number of hydrogen-bond donors (Lipinski definition) is 0. The highest BCUT2D eigenvalue weighted by Crippen LogP contribution is 2.29. The standard InChI is InChI=1S/C22H30FN3O2/c1-16-6-2-3-10-20(16)27-13-12-26-11-5-8-18(15-26)22-24-21(25-28-22)17-7-4-9-19(23)14-17/h4,7,9,14,16,18,20H,2-3,5-6,8,10-13,15H2,1H3. The Labute approximate surface area is 166 Å². The second-order valence-corrected chi connectivity index (χ2v) is 8.28. The summed E-state index contributed by atoms with van der Waals surface area (Å²) < 4.78 is 25.1. The molecule has 1 saturated heterocycles. The Balaban J connectivity index is 1.30. The first-order valence-electron chi connectivity index (χ1n) is 10.6. The highest BCUT2D eigenvalue weighted by Gasteiger charge is 2.27. The van der Waals surface area contributed by atoms with Gasteiger partial charge in [-0.15, -0.1) is 0 Å². The number of likely N-dealkylation sites (tertiary alicyclic amines) is 1. The van der Waals surface area contributed by atoms with Crippen LogP contribution in [0.15, 0.2) is 28.8 Å². The molecule has 1 aliphatic carbocycles. The third-order valence-electron chi connectivity index (χ3n) is 6.15. The fourth-order valence-electron chi connectivity index (χ4n) is 4.47. The van der Waals surface area contributed by atoms with E-state index < -0.39 is 0 Å². The molecule has 0 bridgehead atoms. The van der Waals surface area contributed by atoms with Crippen LogP contribution in [0.3, 0.4) is 0 Å². The summed E-state index contributed by atoms with van der Waals surface area (Å²) in [5.41, 5.74) is 0.651. The number of aromatic nitrogens is 2. The van der Waals surface area contributed by atoms with Crippen LogP contribution in [0.25, 0.3) is 11.4 Å². The summed E-state index contributed by atoms with van der Waals surface area (Å²) in [6.07, 6.45) is 7.72. The lowest BCUT2D eigenvalue weighted by atomic mass is 9.88. The third-order valence-corrected chi connectivity index (χ3v) is 6.15. The lowest BCUT2D eigenvalue weighted by molar-refractivity contribution is -0.0163. The molecule has 4 rings (SSSR count). The molecule has 3 atom stereocenters. The average molecular weight is 387 g/mol. The maximum absolute atomic E-state index is 13.4. The van der Waals surface area contributed by atoms with Gasteiger partial charge in [-0.3, -0.25) is 0 Å². The molecule has 2 heterocycles. The maximum Gasteiger partial charge on any atom is 0.231 e. The van der Waals surface area contributed by atoms with Gasteiger partial charge in [0.15, 0.2) is 0 Å². The second-order valence-electron chi connectivity index (χ2n) is 8.28. The highest BCUT2D eigenvalue weighted by atomic mass is 19.1. The number of hydrogen-bond acceptors (Lipinski definition) is 5. The van der Waals surface area contributed by atoms with Crippen molar-refractivity contribution in [3.63, 3.8) is 0 Å². The van der Waals surface area contributed by atoms with Crippen LogP contribution in [0.1, 0.15) is 57.3 Å². The van der Waals surface area contributed by atoms with Crippen molar-refractivity contribution >= 4 is 0 Å². The molecule has 2 fully saturated rings. The molecule has 2 aromatic rings. The number of benzene rings is 1. The minimum Gasteiger partial charge on any atom is -0.377 e. The Morgan fingerprint density at radius 3 is 2.96 bits per heavy atom. The van der Waals surface area contributed by atoms with Gasteiger partial charge in [-0.2, -0.15) is 4.98 Å². The van der Waals surface area contributed by atoms with E-state index in [2.05, 4.69) is 22.0 Å². The zero-order chi connectivity index (χ0) is 19.3. The lowest BCUT2D eigenvalue weighted by Crippen LogP contribution is -2.38. The minimum absolute atomic E-state index is 0.233. The van der Waals surface area contributed by atoms with Crippen molar-refractivity contribution in [2.45, 2.75) is 57.5 Å². The molecule has 1 aromatic heterocycles. The molecule has 2 aliphatic rings. The molecule has 1 aromatic carbocycles. The van der Waals surface area contributed by atoms with Gasteiger partial charge in [-0.05, 0) is 50.3 Å². The van der Waals surface area contributed by atoms with Gasteiger partial charge in [0.1, 0.15) is 5.82 Å². The highest BCUT2D eigenvalue weighted by molar-refractivity contribution is 5.53. The summed E-state index contributed by atoms with van der Waals surface area (Å²) in [5.74, 6) is 1.74. The van der Waals surface area contributed by atoms with Crippen LogP contribution in [0.4, 0.5) is 4.39 Å². The van der Waals surface area contributed by atoms with E-state index in [0.29, 0.717) is 29.3 Å². The van der Waals surface area contributed by atoms with Crippen molar-refractivity contribution < 1.29 is 13.7 Å². The SMILES string of the molecule is CC1CCCCC1OCCN1CCCC(c2nc(-c3cccc(F)c3)no2)C1. The fourth-order valence-corrected chi connectivity index (χ4v) is 4.47. The van der Waals surface area contributed by atoms with Gasteiger partial charge >= 0.3 is 0 Å². The summed E-state index contributed by atoms with van der Waals surface area (Å²) in [5, 5.41) is 4.06. The van der Waals surface area contributed by atoms with Gasteiger partial charge in [0.25, 0.3) is 0 Å². The predicted molar refractivity (Wildman–Crippen MR) is 105 cm³/mol. The van der Waals surface area contributed by atoms with Crippen LogP contribution in [-0.2, 0) is 4.74 Å². The monoisotopic (exact) mass is 387 g/mol. The fraction of sp³-hybridized carbons (Fsp3) is 0.636. The van der Waals surface area contributed by atoms with Crippen LogP contribution in [0, 0.1) is 11.7 Å². The molecule has 0 spiro atoms. The van der Waals surface area contributed by atoms with Crippen molar-refractivity contribution in [2.75, 3.05) is 26.2 Å². The van der Waals surface area contributed by atoms with E-state index in [4.69, 9.17) is 9.26 Å². The smallest absolute Gasteiger partial charge is 0.231 e. The summed E-state index contributed by atoms with van der Waals surface area (Å²) in [6, 6.07) is 6.32. The van der Waals surface area contributed by atoms with Gasteiger partial charge < -0.3 is 14.2 Å². The van der Waals surface area contributed by atoms with Crippen molar-refractivity contribution in [1.82, 2.24) is 15.0 Å². The molecule has 0 amide bonds. The number of nitrogens with zero attached hydrogens (tertiary/aromatic N) is 3. The van der Waals surface area contributed by atoms with Crippen LogP contribution in [0.2, 0.25) is 0 Å². The quantitative estimate of drug-likeness (QED) is 0.722. The van der Waals surface area contributed by atoms with Crippen LogP contribution < -0.4 is 0 Å². The molecule has 0 N–H and O–H groups in total. The Morgan fingerprint density at radius 2 is 2.11 bits per heavy atom. The summed E-state index contributed by atoms with van der Waals surface area (Å²) in [6.45, 7) is 6.05. The molecule has 28 heavy (non-hydrogen) atoms. The first-order valence-corrected chi connectivity index (χ1v) is 10.6. The molecule has 1 aliphatic heterocycles. The lowest BCUT2D eigenvalue weighted by Gasteiger charge is -2.33. The number of ether oxygens (including phenoxy) is 1. The Kier molecular flexibility index (Phi) is 6.37. The van der Waals surface area contributed by atoms with Crippen LogP contribution in [0.5, 0.6) is 0 Å². The molecular formula is C22H30FN3O2. The summed E-state index contributed by atoms with van der Waals surface area (Å²) >= 11 is 0. The predicted octanol–water partition coefficient (Wildman–Crippen LogP) is 4.65. The Hall–Kier alpha value is -1.79. The van der Waals surface area contributed by atoms with E-state index in [9.17, 15) is 4.39 Å². The van der Waals surface area contributed by atoms with E-state index >= 15 is 0 Å². The van der Waals surface area contributed by atoms with E-state index in [1.54, 1.807) is 12.1 Å². The van der Waals surface area contributed by atoms with Gasteiger partial charge in [-0.1, -0.05) is 37.1 Å². The first-order chi connectivity index (χ1) is 13.7. The van der Waals surface area contributed by atoms with Crippen molar-refractivity contribution in [3.8, 4) is 11.4 Å². The van der Waals surface area contributed by atoms with Crippen LogP contribution in [-0.4, -0.2) is 47.4 Å². The second kappa shape index (κ2) is 9.14. The van der Waals surface area contributed by atoms with E-state index in [-0.39, 0.29) is 11.7 Å². The normalized spacial score (nSPS) is 26.4. The van der Waals surface area contributed by atoms with Crippen molar-refractivity contribution in [2.24, 2.45) is 5.92 Å². The molecule has 3 unspecified atom stereocenters. The zero-order valence-electron chi connectivity index (χ0n) is 16.6. The van der Waals surface area contributed by atoms with Crippen LogP contribution >= 0.6 is 0 Å². The zero-order valence-corrected chi connectivity index (χ0v) is 16.6. The molecule has 0 radical (unpaired) electrons. The first kappa shape index (κ1) is 19.5. The largest absolute Gasteiger partial charge is 0.377 e. The van der Waals surface area contributed by atoms with Crippen molar-refractivity contribution in [3.05, 3.63) is 36.0 Å². The molecule has 5 nitrogen and oxygen atoms in total. The van der Waals surface area contributed by atoms with Gasteiger partial charge in [-0.25, -0.2) is 4.39 Å². The van der Waals surface area contributed by atoms with Gasteiger partial charge in [0, 0.05) is 18.7 Å². The van der Waals surface area contributed by atoms with Crippen molar-refractivity contribution in [1.29, 1.82) is 0 Å². The van der Waals surface area contributed by atoms with E-state index in [1.807, 2.05) is 0 Å². The molecule has 152 valence electrons. The maximum atomic E-state index is 13.4. The molecular weight excluding hydrogens is 357 g/mol. The Bertz CT molecular complexity index is 766. The van der Waals surface area contributed by atoms with Gasteiger partial charge in [0.05, 0.1) is 18.6 Å². The molecule has 1 saturated carbocycles. The third kappa shape index (κ3) is 4.78. The molecule has 6 heteroatoms. The van der Waals surface area contributed by atoms with E-state index in [0.717, 1.165) is 39.1 Å². The minimum atomic E-state index is -0.292. The van der Waals surface area contributed by atoms with Gasteiger partial charge in [0.2, 0.25) is 11.7 Å². The summed E-state index contributed by atoms with van der Waals surface area (Å²) in [4.78, 5) is 6.98. The number of rotatable bonds is 6. The Morgan fingerprint density at radius 1 is 1.21 bits per heavy atom. The summed E-state index contributed by atoms with van der Waals surface area (Å²) in [7, 11) is 0. The topological polar surface area (TPSA) is 51.4 Å².